The molecule has 12 nitrogen and oxygen atoms in total. The van der Waals surface area contributed by atoms with Crippen LogP contribution >= 0.6 is 0 Å². The fraction of sp³-hybridized carbons (Fsp3) is 0.241. The van der Waals surface area contributed by atoms with Gasteiger partial charge in [-0.1, -0.05) is 18.2 Å². The molecule has 1 aliphatic rings. The molecule has 1 unspecified atom stereocenters. The van der Waals surface area contributed by atoms with E-state index in [9.17, 15) is 9.59 Å². The Morgan fingerprint density at radius 1 is 1.21 bits per heavy atom. The van der Waals surface area contributed by atoms with Gasteiger partial charge in [-0.25, -0.2) is 4.39 Å². The van der Waals surface area contributed by atoms with E-state index < -0.39 is 23.4 Å². The highest BCUT2D eigenvalue weighted by Crippen LogP contribution is 2.41. The molecule has 1 fully saturated rings. The van der Waals surface area contributed by atoms with Crippen molar-refractivity contribution in [2.24, 2.45) is 12.8 Å². The smallest absolute Gasteiger partial charge is 0.322 e. The molecule has 5 N–H and O–H groups in total. The summed E-state index contributed by atoms with van der Waals surface area (Å²) >= 11 is 0. The van der Waals surface area contributed by atoms with Crippen LogP contribution in [-0.2, 0) is 23.2 Å². The number of nitrogen functional groups attached to an aromatic ring is 1. The number of esters is 1. The summed E-state index contributed by atoms with van der Waals surface area (Å²) in [6, 6.07) is 9.21. The number of aryl methyl sites for hydroxylation is 1. The second-order valence-corrected chi connectivity index (χ2v) is 10.3. The number of benzene rings is 2. The predicted molar refractivity (Wildman–Crippen MR) is 155 cm³/mol. The molecule has 214 valence electrons. The van der Waals surface area contributed by atoms with E-state index in [2.05, 4.69) is 25.4 Å². The summed E-state index contributed by atoms with van der Waals surface area (Å²) in [7, 11) is 1.77. The van der Waals surface area contributed by atoms with E-state index in [4.69, 9.17) is 16.2 Å². The lowest BCUT2D eigenvalue weighted by Crippen LogP contribution is -2.29. The van der Waals surface area contributed by atoms with Crippen LogP contribution in [0.3, 0.4) is 0 Å². The number of hydrogen-bond acceptors (Lipinski definition) is 10. The van der Waals surface area contributed by atoms with E-state index >= 15 is 4.39 Å². The molecule has 5 aromatic rings. The zero-order valence-corrected chi connectivity index (χ0v) is 22.9. The largest absolute Gasteiger partial charge is 0.460 e. The fourth-order valence-electron chi connectivity index (χ4n) is 4.81. The molecule has 0 amide bonds. The average Bonchev–Trinajstić information content (AvgIpc) is 3.73. The maximum absolute atomic E-state index is 15.3. The summed E-state index contributed by atoms with van der Waals surface area (Å²) in [5, 5.41) is 7.65. The van der Waals surface area contributed by atoms with Gasteiger partial charge in [-0.15, -0.1) is 0 Å². The predicted octanol–water partition coefficient (Wildman–Crippen LogP) is 3.31. The standard InChI is InChI=1S/C29H28FN9O3/c1-15(31)27(41)42-14-21-20(25-35-28(32)37-29(36-25)34-19-12-33-38(2)13-19)4-3-5-23(21)39-9-8-17-10-18(16-6-7-16)11-22(30)24(17)26(39)40/h3-5,8-13,15-16H,6-7,14,31H2,1-2H3,(H3,32,34,35,36,37). The molecule has 13 heteroatoms. The molecule has 0 saturated heterocycles. The quantitative estimate of drug-likeness (QED) is 0.236. The van der Waals surface area contributed by atoms with Gasteiger partial charge in [0, 0.05) is 30.6 Å². The first kappa shape index (κ1) is 27.0. The van der Waals surface area contributed by atoms with Gasteiger partial charge in [0.15, 0.2) is 5.82 Å². The van der Waals surface area contributed by atoms with Crippen molar-refractivity contribution in [1.29, 1.82) is 0 Å². The Hall–Kier alpha value is -5.17. The van der Waals surface area contributed by atoms with Gasteiger partial charge < -0.3 is 21.5 Å². The van der Waals surface area contributed by atoms with Gasteiger partial charge in [0.1, 0.15) is 18.5 Å². The number of halogens is 1. The van der Waals surface area contributed by atoms with Gasteiger partial charge in [-0.3, -0.25) is 18.8 Å². The molecule has 1 aliphatic carbocycles. The Bertz CT molecular complexity index is 1900. The van der Waals surface area contributed by atoms with Crippen molar-refractivity contribution in [2.75, 3.05) is 11.1 Å². The first-order valence-electron chi connectivity index (χ1n) is 13.3. The fourth-order valence-corrected chi connectivity index (χ4v) is 4.81. The monoisotopic (exact) mass is 569 g/mol. The van der Waals surface area contributed by atoms with Crippen molar-refractivity contribution in [3.8, 4) is 17.1 Å². The zero-order valence-electron chi connectivity index (χ0n) is 22.9. The lowest BCUT2D eigenvalue weighted by molar-refractivity contribution is -0.146. The summed E-state index contributed by atoms with van der Waals surface area (Å²) in [5.41, 5.74) is 13.9. The third-order valence-corrected chi connectivity index (χ3v) is 7.02. The summed E-state index contributed by atoms with van der Waals surface area (Å²) < 4.78 is 23.7. The lowest BCUT2D eigenvalue weighted by Gasteiger charge is -2.18. The van der Waals surface area contributed by atoms with E-state index in [-0.39, 0.29) is 29.7 Å². The molecule has 0 aliphatic heterocycles. The molecule has 1 saturated carbocycles. The topological polar surface area (TPSA) is 169 Å². The Morgan fingerprint density at radius 2 is 2.02 bits per heavy atom. The zero-order chi connectivity index (χ0) is 29.5. The number of carbonyl (C=O) groups excluding carboxylic acids is 1. The number of nitrogens with one attached hydrogen (secondary N) is 1. The van der Waals surface area contributed by atoms with Crippen molar-refractivity contribution in [2.45, 2.75) is 38.3 Å². The van der Waals surface area contributed by atoms with Crippen molar-refractivity contribution in [3.05, 3.63) is 82.3 Å². The van der Waals surface area contributed by atoms with Gasteiger partial charge in [0.2, 0.25) is 11.9 Å². The van der Waals surface area contributed by atoms with Gasteiger partial charge in [0.05, 0.1) is 23.0 Å². The number of pyridine rings is 1. The molecule has 0 bridgehead atoms. The summed E-state index contributed by atoms with van der Waals surface area (Å²) in [5.74, 6) is -0.630. The van der Waals surface area contributed by atoms with Crippen molar-refractivity contribution in [3.63, 3.8) is 0 Å². The molecule has 0 spiro atoms. The van der Waals surface area contributed by atoms with E-state index in [1.807, 2.05) is 6.07 Å². The molecule has 42 heavy (non-hydrogen) atoms. The van der Waals surface area contributed by atoms with Crippen LogP contribution in [0.15, 0.2) is 59.8 Å². The molecule has 1 atom stereocenters. The number of ether oxygens (including phenoxy) is 1. The summed E-state index contributed by atoms with van der Waals surface area (Å²) in [6.07, 6.45) is 6.93. The third kappa shape index (κ3) is 5.29. The maximum Gasteiger partial charge on any atom is 0.322 e. The van der Waals surface area contributed by atoms with Gasteiger partial charge in [-0.2, -0.15) is 20.1 Å². The third-order valence-electron chi connectivity index (χ3n) is 7.02. The minimum Gasteiger partial charge on any atom is -0.460 e. The molecule has 3 heterocycles. The average molecular weight is 570 g/mol. The van der Waals surface area contributed by atoms with E-state index in [0.29, 0.717) is 33.8 Å². The normalized spacial score (nSPS) is 13.7. The number of nitrogens with two attached hydrogens (primary N) is 2. The van der Waals surface area contributed by atoms with E-state index in [1.54, 1.807) is 54.6 Å². The second kappa shape index (κ2) is 10.7. The minimum atomic E-state index is -0.873. The highest BCUT2D eigenvalue weighted by Gasteiger charge is 2.26. The number of hydrogen-bond donors (Lipinski definition) is 3. The molecule has 6 rings (SSSR count). The van der Waals surface area contributed by atoms with Gasteiger partial charge in [0.25, 0.3) is 5.56 Å². The first-order chi connectivity index (χ1) is 20.2. The Kier molecular flexibility index (Phi) is 6.86. The highest BCUT2D eigenvalue weighted by molar-refractivity contribution is 5.84. The molecular formula is C29H28FN9O3. The SMILES string of the molecule is CC(N)C(=O)OCc1c(-c2nc(N)nc(Nc3cnn(C)c3)n2)cccc1-n1ccc2cc(C3CC3)cc(F)c2c1=O. The maximum atomic E-state index is 15.3. The van der Waals surface area contributed by atoms with Crippen molar-refractivity contribution in [1.82, 2.24) is 29.3 Å². The van der Waals surface area contributed by atoms with Crippen molar-refractivity contribution < 1.29 is 13.9 Å². The minimum absolute atomic E-state index is 0.0295. The van der Waals surface area contributed by atoms with Crippen LogP contribution in [0, 0.1) is 5.82 Å². The Morgan fingerprint density at radius 3 is 2.74 bits per heavy atom. The van der Waals surface area contributed by atoms with Gasteiger partial charge >= 0.3 is 5.97 Å². The number of carbonyl (C=O) groups is 1. The first-order valence-corrected chi connectivity index (χ1v) is 13.3. The van der Waals surface area contributed by atoms with Crippen LogP contribution in [0.5, 0.6) is 0 Å². The molecule has 2 aromatic carbocycles. The lowest BCUT2D eigenvalue weighted by atomic mass is 10.0. The van der Waals surface area contributed by atoms with Crippen LogP contribution in [0.25, 0.3) is 27.8 Å². The number of rotatable bonds is 8. The van der Waals surface area contributed by atoms with Crippen molar-refractivity contribution >= 4 is 34.3 Å². The Labute approximate surface area is 239 Å². The van der Waals surface area contributed by atoms with Crippen LogP contribution in [0.4, 0.5) is 22.0 Å². The summed E-state index contributed by atoms with van der Waals surface area (Å²) in [6.45, 7) is 1.24. The highest BCUT2D eigenvalue weighted by atomic mass is 19.1. The van der Waals surface area contributed by atoms with Crippen LogP contribution < -0.4 is 22.3 Å². The number of nitrogens with zero attached hydrogens (tertiary/aromatic N) is 6. The second-order valence-electron chi connectivity index (χ2n) is 10.3. The molecule has 3 aromatic heterocycles. The number of aromatic nitrogens is 6. The molecule has 0 radical (unpaired) electrons. The van der Waals surface area contributed by atoms with Crippen LogP contribution in [-0.4, -0.2) is 41.3 Å². The van der Waals surface area contributed by atoms with E-state index in [0.717, 1.165) is 18.4 Å². The summed E-state index contributed by atoms with van der Waals surface area (Å²) in [4.78, 5) is 39.1. The Balaban J connectivity index is 1.49. The van der Waals surface area contributed by atoms with Crippen LogP contribution in [0.1, 0.15) is 36.8 Å². The molecular weight excluding hydrogens is 541 g/mol. The van der Waals surface area contributed by atoms with Crippen LogP contribution in [0.2, 0.25) is 0 Å². The number of fused-ring (bicyclic) bond motifs is 1. The van der Waals surface area contributed by atoms with Gasteiger partial charge in [-0.05, 0) is 54.8 Å². The van der Waals surface area contributed by atoms with E-state index in [1.165, 1.54) is 17.6 Å². The number of anilines is 3.